The van der Waals surface area contributed by atoms with Crippen molar-refractivity contribution in [2.75, 3.05) is 43.9 Å². The quantitative estimate of drug-likeness (QED) is 0.123. The molecule has 0 spiro atoms. The van der Waals surface area contributed by atoms with Crippen LogP contribution in [0.5, 0.6) is 0 Å². The van der Waals surface area contributed by atoms with Crippen LogP contribution >= 0.6 is 11.3 Å². The maximum atomic E-state index is 13.6. The summed E-state index contributed by atoms with van der Waals surface area (Å²) in [7, 11) is 1.87. The Balaban J connectivity index is 1.91. The van der Waals surface area contributed by atoms with Crippen molar-refractivity contribution in [1.82, 2.24) is 5.32 Å². The molecule has 160 valence electrons. The molecule has 4 rings (SSSR count). The first-order valence-corrected chi connectivity index (χ1v) is 10.9. The summed E-state index contributed by atoms with van der Waals surface area (Å²) in [6, 6.07) is 8.93. The topological polar surface area (TPSA) is 135 Å². The van der Waals surface area contributed by atoms with Crippen LogP contribution in [0.15, 0.2) is 40.7 Å². The molecule has 9 heteroatoms. The summed E-state index contributed by atoms with van der Waals surface area (Å²) >= 11 is 1.53. The van der Waals surface area contributed by atoms with Gasteiger partial charge in [0.1, 0.15) is 0 Å². The number of ketones is 2. The van der Waals surface area contributed by atoms with Crippen LogP contribution in [0, 0.1) is 0 Å². The Bertz CT molecular complexity index is 1200. The van der Waals surface area contributed by atoms with Crippen molar-refractivity contribution >= 4 is 50.3 Å². The average Bonchev–Trinajstić information content (AvgIpc) is 3.25. The van der Waals surface area contributed by atoms with Crippen molar-refractivity contribution in [2.24, 2.45) is 16.5 Å². The number of anilines is 2. The molecule has 7 N–H and O–H groups in total. The minimum absolute atomic E-state index is 0.00812. The van der Waals surface area contributed by atoms with E-state index in [1.807, 2.05) is 18.5 Å². The molecule has 2 aromatic carbocycles. The fourth-order valence-corrected chi connectivity index (χ4v) is 4.76. The first-order valence-electron chi connectivity index (χ1n) is 9.98. The van der Waals surface area contributed by atoms with E-state index in [0.717, 1.165) is 16.6 Å². The highest BCUT2D eigenvalue weighted by Crippen LogP contribution is 2.45. The molecule has 1 heterocycles. The third kappa shape index (κ3) is 3.73. The zero-order chi connectivity index (χ0) is 22.0. The molecule has 0 unspecified atom stereocenters. The molecular weight excluding hydrogens is 412 g/mol. The van der Waals surface area contributed by atoms with Crippen molar-refractivity contribution < 1.29 is 9.59 Å². The van der Waals surface area contributed by atoms with Gasteiger partial charge in [0, 0.05) is 36.1 Å². The minimum Gasteiger partial charge on any atom is -0.382 e. The number of nitrogens with one attached hydrogen (secondary N) is 3. The first-order chi connectivity index (χ1) is 15.0. The zero-order valence-corrected chi connectivity index (χ0v) is 17.9. The van der Waals surface area contributed by atoms with E-state index in [9.17, 15) is 9.59 Å². The molecule has 1 aromatic heterocycles. The Morgan fingerprint density at radius 2 is 1.58 bits per heavy atom. The molecule has 0 aliphatic heterocycles. The Hall–Kier alpha value is -3.43. The van der Waals surface area contributed by atoms with Gasteiger partial charge in [0.05, 0.1) is 33.7 Å². The van der Waals surface area contributed by atoms with Gasteiger partial charge in [-0.2, -0.15) is 0 Å². The number of nitrogens with two attached hydrogens (primary N) is 2. The molecule has 0 saturated heterocycles. The molecular formula is C22H24N6O2S. The summed E-state index contributed by atoms with van der Waals surface area (Å²) in [5, 5.41) is 12.6. The second-order valence-corrected chi connectivity index (χ2v) is 8.05. The summed E-state index contributed by atoms with van der Waals surface area (Å²) in [5.74, 6) is -0.312. The molecule has 1 aliphatic carbocycles. The number of guanidine groups is 1. The van der Waals surface area contributed by atoms with Gasteiger partial charge in [-0.1, -0.05) is 24.3 Å². The van der Waals surface area contributed by atoms with Gasteiger partial charge in [0.15, 0.2) is 17.5 Å². The molecule has 1 aliphatic rings. The van der Waals surface area contributed by atoms with Gasteiger partial charge < -0.3 is 27.4 Å². The van der Waals surface area contributed by atoms with Crippen LogP contribution in [-0.4, -0.2) is 50.8 Å². The van der Waals surface area contributed by atoms with Gasteiger partial charge in [0.25, 0.3) is 0 Å². The smallest absolute Gasteiger partial charge is 0.196 e. The highest BCUT2D eigenvalue weighted by Gasteiger charge is 2.35. The maximum Gasteiger partial charge on any atom is 0.196 e. The number of likely N-dealkylation sites (N-methyl/N-ethyl adjacent to an activating group) is 1. The number of thiophene rings is 1. The van der Waals surface area contributed by atoms with E-state index in [4.69, 9.17) is 11.5 Å². The third-order valence-corrected chi connectivity index (χ3v) is 6.10. The van der Waals surface area contributed by atoms with E-state index in [1.165, 1.54) is 11.3 Å². The SMILES string of the molecule is CNCCNc1c2c(c(NCCN=C(N)N)c3ccsc13)C(=O)c1ccccc1C2=O. The van der Waals surface area contributed by atoms with Crippen LogP contribution in [0.4, 0.5) is 11.4 Å². The van der Waals surface area contributed by atoms with Gasteiger partial charge in [-0.05, 0) is 18.5 Å². The number of hydrogen-bond acceptors (Lipinski definition) is 7. The minimum atomic E-state index is -0.167. The Morgan fingerprint density at radius 1 is 0.935 bits per heavy atom. The molecule has 0 fully saturated rings. The zero-order valence-electron chi connectivity index (χ0n) is 17.1. The van der Waals surface area contributed by atoms with Crippen molar-refractivity contribution in [3.8, 4) is 0 Å². The molecule has 0 bridgehead atoms. The summed E-state index contributed by atoms with van der Waals surface area (Å²) in [4.78, 5) is 31.1. The molecule has 0 atom stereocenters. The predicted octanol–water partition coefficient (Wildman–Crippen LogP) is 1.99. The van der Waals surface area contributed by atoms with Gasteiger partial charge in [-0.3, -0.25) is 14.6 Å². The number of benzene rings is 2. The molecule has 0 saturated carbocycles. The Morgan fingerprint density at radius 3 is 2.23 bits per heavy atom. The Labute approximate surface area is 183 Å². The van der Waals surface area contributed by atoms with E-state index < -0.39 is 0 Å². The molecule has 3 aromatic rings. The van der Waals surface area contributed by atoms with Crippen LogP contribution in [0.25, 0.3) is 10.1 Å². The van der Waals surface area contributed by atoms with E-state index in [1.54, 1.807) is 24.3 Å². The van der Waals surface area contributed by atoms with Crippen molar-refractivity contribution in [1.29, 1.82) is 0 Å². The van der Waals surface area contributed by atoms with Gasteiger partial charge >= 0.3 is 0 Å². The monoisotopic (exact) mass is 436 g/mol. The highest BCUT2D eigenvalue weighted by molar-refractivity contribution is 7.18. The van der Waals surface area contributed by atoms with Gasteiger partial charge in [-0.25, -0.2) is 0 Å². The normalized spacial score (nSPS) is 12.4. The fourth-order valence-electron chi connectivity index (χ4n) is 3.83. The number of nitrogens with zero attached hydrogens (tertiary/aromatic N) is 1. The number of carbonyl (C=O) groups excluding carboxylic acids is 2. The summed E-state index contributed by atoms with van der Waals surface area (Å²) < 4.78 is 0.930. The van der Waals surface area contributed by atoms with Gasteiger partial charge in [0.2, 0.25) is 0 Å². The molecule has 0 amide bonds. The standard InChI is InChI=1S/C22H24N6O2S/c1-25-7-8-27-18-16-15(19(29)12-4-2-3-5-13(12)20(16)30)17(14-6-11-31-21(14)18)26-9-10-28-22(23)24/h2-6,11,25-27H,7-10H2,1H3,(H4,23,24,28). The fraction of sp³-hybridized carbons (Fsp3) is 0.227. The Kier molecular flexibility index (Phi) is 5.88. The highest BCUT2D eigenvalue weighted by atomic mass is 32.1. The predicted molar refractivity (Wildman–Crippen MR) is 127 cm³/mol. The maximum absolute atomic E-state index is 13.6. The third-order valence-electron chi connectivity index (χ3n) is 5.17. The number of aliphatic imine (C=N–C) groups is 1. The van der Waals surface area contributed by atoms with Crippen molar-refractivity contribution in [3.63, 3.8) is 0 Å². The lowest BCUT2D eigenvalue weighted by atomic mass is 9.81. The molecule has 8 nitrogen and oxygen atoms in total. The lowest BCUT2D eigenvalue weighted by molar-refractivity contribution is 0.0980. The summed E-state index contributed by atoms with van der Waals surface area (Å²) in [5.41, 5.74) is 13.8. The van der Waals surface area contributed by atoms with E-state index >= 15 is 0 Å². The average molecular weight is 437 g/mol. The number of hydrogen-bond donors (Lipinski definition) is 5. The van der Waals surface area contributed by atoms with Crippen LogP contribution in [0.3, 0.4) is 0 Å². The van der Waals surface area contributed by atoms with Crippen molar-refractivity contribution in [2.45, 2.75) is 0 Å². The second kappa shape index (κ2) is 8.75. The number of rotatable bonds is 8. The van der Waals surface area contributed by atoms with Crippen LogP contribution in [0.1, 0.15) is 31.8 Å². The van der Waals surface area contributed by atoms with Crippen LogP contribution in [0.2, 0.25) is 0 Å². The largest absolute Gasteiger partial charge is 0.382 e. The number of fused-ring (bicyclic) bond motifs is 3. The van der Waals surface area contributed by atoms with E-state index in [-0.39, 0.29) is 17.5 Å². The van der Waals surface area contributed by atoms with E-state index in [0.29, 0.717) is 53.3 Å². The summed E-state index contributed by atoms with van der Waals surface area (Å²) in [6.45, 7) is 2.11. The van der Waals surface area contributed by atoms with E-state index in [2.05, 4.69) is 20.9 Å². The molecule has 31 heavy (non-hydrogen) atoms. The molecule has 0 radical (unpaired) electrons. The van der Waals surface area contributed by atoms with Crippen LogP contribution < -0.4 is 27.4 Å². The lowest BCUT2D eigenvalue weighted by Gasteiger charge is -2.25. The van der Waals surface area contributed by atoms with Crippen LogP contribution in [-0.2, 0) is 0 Å². The van der Waals surface area contributed by atoms with Gasteiger partial charge in [-0.15, -0.1) is 11.3 Å². The second-order valence-electron chi connectivity index (χ2n) is 7.13. The lowest BCUT2D eigenvalue weighted by Crippen LogP contribution is -2.26. The summed E-state index contributed by atoms with van der Waals surface area (Å²) in [6.07, 6.45) is 0. The number of carbonyl (C=O) groups is 2. The van der Waals surface area contributed by atoms with Crippen molar-refractivity contribution in [3.05, 3.63) is 58.0 Å². The first kappa shape index (κ1) is 20.8.